The Morgan fingerprint density at radius 3 is 2.50 bits per heavy atom. The van der Waals surface area contributed by atoms with Gasteiger partial charge in [0.15, 0.2) is 11.5 Å². The van der Waals surface area contributed by atoms with Crippen LogP contribution < -0.4 is 9.47 Å². The SMILES string of the molecule is COc1cccc(C2/C(=C(/O)c3ccc(Br)cc3)C(=O)C(=O)N2CCCn2ccnc2)c1OC. The van der Waals surface area contributed by atoms with Crippen LogP contribution in [-0.2, 0) is 16.1 Å². The van der Waals surface area contributed by atoms with Gasteiger partial charge in [-0.2, -0.15) is 0 Å². The molecule has 1 aliphatic rings. The number of halogens is 1. The van der Waals surface area contributed by atoms with Gasteiger partial charge in [-0.1, -0.05) is 40.2 Å². The van der Waals surface area contributed by atoms with Gasteiger partial charge in [0, 0.05) is 41.1 Å². The van der Waals surface area contributed by atoms with Crippen molar-refractivity contribution in [1.82, 2.24) is 14.5 Å². The van der Waals surface area contributed by atoms with Gasteiger partial charge in [-0.25, -0.2) is 4.98 Å². The zero-order valence-corrected chi connectivity index (χ0v) is 20.4. The number of likely N-dealkylation sites (tertiary alicyclic amines) is 1. The number of nitrogens with zero attached hydrogens (tertiary/aromatic N) is 3. The Morgan fingerprint density at radius 2 is 1.85 bits per heavy atom. The van der Waals surface area contributed by atoms with E-state index in [1.54, 1.807) is 55.0 Å². The summed E-state index contributed by atoms with van der Waals surface area (Å²) in [5.41, 5.74) is 1.01. The fourth-order valence-electron chi connectivity index (χ4n) is 4.17. The predicted molar refractivity (Wildman–Crippen MR) is 130 cm³/mol. The van der Waals surface area contributed by atoms with E-state index in [1.165, 1.54) is 19.1 Å². The predicted octanol–water partition coefficient (Wildman–Crippen LogP) is 4.17. The molecule has 0 radical (unpaired) electrons. The van der Waals surface area contributed by atoms with Gasteiger partial charge in [0.25, 0.3) is 11.7 Å². The summed E-state index contributed by atoms with van der Waals surface area (Å²) in [6, 6.07) is 11.3. The molecule has 0 saturated carbocycles. The van der Waals surface area contributed by atoms with Crippen molar-refractivity contribution in [2.24, 2.45) is 0 Å². The number of aliphatic hydroxyl groups excluding tert-OH is 1. The van der Waals surface area contributed by atoms with Crippen molar-refractivity contribution >= 4 is 33.4 Å². The van der Waals surface area contributed by atoms with E-state index in [4.69, 9.17) is 9.47 Å². The molecular formula is C25H24BrN3O5. The number of hydrogen-bond acceptors (Lipinski definition) is 6. The maximum atomic E-state index is 13.2. The number of carbonyl (C=O) groups excluding carboxylic acids is 2. The zero-order valence-electron chi connectivity index (χ0n) is 18.8. The van der Waals surface area contributed by atoms with E-state index < -0.39 is 17.7 Å². The molecule has 0 spiro atoms. The van der Waals surface area contributed by atoms with E-state index >= 15 is 0 Å². The summed E-state index contributed by atoms with van der Waals surface area (Å²) in [6.07, 6.45) is 5.81. The second kappa shape index (κ2) is 10.1. The van der Waals surface area contributed by atoms with Crippen LogP contribution in [0.25, 0.3) is 5.76 Å². The first-order valence-corrected chi connectivity index (χ1v) is 11.5. The van der Waals surface area contributed by atoms with Crippen molar-refractivity contribution < 1.29 is 24.2 Å². The van der Waals surface area contributed by atoms with E-state index in [1.807, 2.05) is 10.8 Å². The standard InChI is InChI=1S/C25H24BrN3O5/c1-33-19-6-3-5-18(24(19)34-2)21-20(22(30)16-7-9-17(26)10-8-16)23(31)25(32)29(21)13-4-12-28-14-11-27-15-28/h3,5-11,14-15,21,30H,4,12-13H2,1-2H3/b22-20-. The van der Waals surface area contributed by atoms with E-state index in [2.05, 4.69) is 20.9 Å². The quantitative estimate of drug-likeness (QED) is 0.269. The number of aromatic nitrogens is 2. The Hall–Kier alpha value is -3.59. The third kappa shape index (κ3) is 4.43. The van der Waals surface area contributed by atoms with Crippen LogP contribution in [0.4, 0.5) is 0 Å². The lowest BCUT2D eigenvalue weighted by Crippen LogP contribution is -2.31. The van der Waals surface area contributed by atoms with Gasteiger partial charge >= 0.3 is 0 Å². The first-order chi connectivity index (χ1) is 16.5. The molecular weight excluding hydrogens is 502 g/mol. The molecule has 0 aliphatic carbocycles. The van der Waals surface area contributed by atoms with Gasteiger partial charge in [-0.3, -0.25) is 9.59 Å². The van der Waals surface area contributed by atoms with Gasteiger partial charge in [0.05, 0.1) is 32.2 Å². The number of hydrogen-bond donors (Lipinski definition) is 1. The number of Topliss-reactive ketones (excluding diaryl/α,β-unsaturated/α-hetero) is 1. The third-order valence-corrected chi connectivity index (χ3v) is 6.29. The molecule has 8 nitrogen and oxygen atoms in total. The summed E-state index contributed by atoms with van der Waals surface area (Å²) in [5.74, 6) is -0.777. The molecule has 2 heterocycles. The summed E-state index contributed by atoms with van der Waals surface area (Å²) in [5, 5.41) is 11.2. The summed E-state index contributed by atoms with van der Waals surface area (Å²) >= 11 is 3.37. The van der Waals surface area contributed by atoms with Gasteiger partial charge < -0.3 is 24.0 Å². The number of carbonyl (C=O) groups is 2. The first kappa shape index (κ1) is 23.6. The lowest BCUT2D eigenvalue weighted by atomic mass is 9.94. The molecule has 176 valence electrons. The number of benzene rings is 2. The van der Waals surface area contributed by atoms with Gasteiger partial charge in [0.2, 0.25) is 0 Å². The molecule has 1 aromatic heterocycles. The average molecular weight is 526 g/mol. The highest BCUT2D eigenvalue weighted by atomic mass is 79.9. The topological polar surface area (TPSA) is 93.9 Å². The van der Waals surface area contributed by atoms with Crippen LogP contribution in [0.3, 0.4) is 0 Å². The number of ketones is 1. The van der Waals surface area contributed by atoms with Crippen molar-refractivity contribution in [3.8, 4) is 11.5 Å². The monoisotopic (exact) mass is 525 g/mol. The number of aryl methyl sites for hydroxylation is 1. The fraction of sp³-hybridized carbons (Fsp3) is 0.240. The van der Waals surface area contributed by atoms with Crippen molar-refractivity contribution in [2.75, 3.05) is 20.8 Å². The number of rotatable bonds is 8. The number of para-hydroxylation sites is 1. The van der Waals surface area contributed by atoms with Crippen LogP contribution in [0, 0.1) is 0 Å². The minimum atomic E-state index is -0.837. The maximum Gasteiger partial charge on any atom is 0.295 e. The van der Waals surface area contributed by atoms with Gasteiger partial charge in [-0.05, 0) is 24.6 Å². The molecule has 4 rings (SSSR count). The molecule has 1 N–H and O–H groups in total. The van der Waals surface area contributed by atoms with E-state index in [9.17, 15) is 14.7 Å². The number of amides is 1. The molecule has 2 aromatic carbocycles. The second-order valence-corrected chi connectivity index (χ2v) is 8.65. The average Bonchev–Trinajstić information content (AvgIpc) is 3.45. The second-order valence-electron chi connectivity index (χ2n) is 7.74. The van der Waals surface area contributed by atoms with Crippen molar-refractivity contribution in [3.63, 3.8) is 0 Å². The lowest BCUT2D eigenvalue weighted by Gasteiger charge is -2.27. The highest BCUT2D eigenvalue weighted by molar-refractivity contribution is 9.10. The normalized spacial score (nSPS) is 17.3. The maximum absolute atomic E-state index is 13.2. The lowest BCUT2D eigenvalue weighted by molar-refractivity contribution is -0.140. The van der Waals surface area contributed by atoms with Crippen LogP contribution >= 0.6 is 15.9 Å². The minimum absolute atomic E-state index is 0.0153. The van der Waals surface area contributed by atoms with Gasteiger partial charge in [-0.15, -0.1) is 0 Å². The molecule has 1 fully saturated rings. The summed E-state index contributed by atoms with van der Waals surface area (Å²) in [7, 11) is 3.02. The Kier molecular flexibility index (Phi) is 7.02. The molecule has 1 unspecified atom stereocenters. The number of imidazole rings is 1. The smallest absolute Gasteiger partial charge is 0.295 e. The van der Waals surface area contributed by atoms with E-state index in [-0.39, 0.29) is 11.3 Å². The molecule has 1 amide bonds. The van der Waals surface area contributed by atoms with Crippen LogP contribution in [0.15, 0.2) is 71.2 Å². The highest BCUT2D eigenvalue weighted by Crippen LogP contribution is 2.45. The van der Waals surface area contributed by atoms with Crippen LogP contribution in [0.2, 0.25) is 0 Å². The number of ether oxygens (including phenoxy) is 2. The fourth-order valence-corrected chi connectivity index (χ4v) is 4.43. The zero-order chi connectivity index (χ0) is 24.2. The summed E-state index contributed by atoms with van der Waals surface area (Å²) in [6.45, 7) is 0.919. The summed E-state index contributed by atoms with van der Waals surface area (Å²) in [4.78, 5) is 31.9. The van der Waals surface area contributed by atoms with Crippen LogP contribution in [0.1, 0.15) is 23.6 Å². The summed E-state index contributed by atoms with van der Waals surface area (Å²) < 4.78 is 13.8. The van der Waals surface area contributed by atoms with Crippen molar-refractivity contribution in [1.29, 1.82) is 0 Å². The van der Waals surface area contributed by atoms with E-state index in [0.29, 0.717) is 42.1 Å². The molecule has 1 atom stereocenters. The largest absolute Gasteiger partial charge is 0.507 e. The molecule has 34 heavy (non-hydrogen) atoms. The Morgan fingerprint density at radius 1 is 1.09 bits per heavy atom. The van der Waals surface area contributed by atoms with Gasteiger partial charge in [0.1, 0.15) is 5.76 Å². The highest BCUT2D eigenvalue weighted by Gasteiger charge is 2.47. The molecule has 9 heteroatoms. The van der Waals surface area contributed by atoms with E-state index in [0.717, 1.165) is 4.47 Å². The van der Waals surface area contributed by atoms with Crippen molar-refractivity contribution in [3.05, 3.63) is 82.4 Å². The Labute approximate surface area is 205 Å². The van der Waals surface area contributed by atoms with Crippen LogP contribution in [0.5, 0.6) is 11.5 Å². The Bertz CT molecular complexity index is 1220. The molecule has 0 bridgehead atoms. The first-order valence-electron chi connectivity index (χ1n) is 10.7. The Balaban J connectivity index is 1.81. The van der Waals surface area contributed by atoms with Crippen LogP contribution in [-0.4, -0.2) is 52.0 Å². The minimum Gasteiger partial charge on any atom is -0.507 e. The molecule has 3 aromatic rings. The molecule has 1 saturated heterocycles. The number of aliphatic hydroxyl groups is 1. The number of methoxy groups -OCH3 is 2. The van der Waals surface area contributed by atoms with Crippen molar-refractivity contribution in [2.45, 2.75) is 19.0 Å². The molecule has 1 aliphatic heterocycles. The third-order valence-electron chi connectivity index (χ3n) is 5.76.